The van der Waals surface area contributed by atoms with Crippen LogP contribution in [0.2, 0.25) is 0 Å². The Morgan fingerprint density at radius 2 is 1.89 bits per heavy atom. The first-order valence-electron chi connectivity index (χ1n) is 15.8. The number of aliphatic hydroxyl groups is 1. The number of imidazole rings is 1. The molecular weight excluding hydrogens is 624 g/mol. The first-order valence-corrected chi connectivity index (χ1v) is 17.3. The molecule has 0 saturated heterocycles. The van der Waals surface area contributed by atoms with Crippen molar-refractivity contribution in [2.45, 2.75) is 63.3 Å². The van der Waals surface area contributed by atoms with Gasteiger partial charge in [-0.05, 0) is 63.4 Å². The van der Waals surface area contributed by atoms with Gasteiger partial charge < -0.3 is 34.3 Å². The van der Waals surface area contributed by atoms with E-state index in [0.29, 0.717) is 24.5 Å². The van der Waals surface area contributed by atoms with E-state index in [0.717, 1.165) is 12.8 Å². The molecule has 14 heteroatoms. The lowest BCUT2D eigenvalue weighted by atomic mass is 10.0. The van der Waals surface area contributed by atoms with E-state index in [1.54, 1.807) is 43.0 Å². The number of nitrogens with zero attached hydrogens (tertiary/aromatic N) is 4. The molecule has 2 heterocycles. The lowest BCUT2D eigenvalue weighted by Crippen LogP contribution is -2.48. The highest BCUT2D eigenvalue weighted by molar-refractivity contribution is 7.92. The van der Waals surface area contributed by atoms with E-state index in [4.69, 9.17) is 9.47 Å². The van der Waals surface area contributed by atoms with E-state index in [1.807, 2.05) is 44.2 Å². The maximum Gasteiger partial charge on any atom is 0.321 e. The van der Waals surface area contributed by atoms with Gasteiger partial charge >= 0.3 is 6.03 Å². The summed E-state index contributed by atoms with van der Waals surface area (Å²) in [5.41, 5.74) is 0.992. The van der Waals surface area contributed by atoms with Gasteiger partial charge in [-0.1, -0.05) is 25.1 Å². The van der Waals surface area contributed by atoms with E-state index in [9.17, 15) is 23.1 Å². The Morgan fingerprint density at radius 1 is 1.15 bits per heavy atom. The highest BCUT2D eigenvalue weighted by Crippen LogP contribution is 2.29. The lowest BCUT2D eigenvalue weighted by Gasteiger charge is -2.35. The van der Waals surface area contributed by atoms with Crippen LogP contribution >= 0.6 is 0 Å². The van der Waals surface area contributed by atoms with Crippen LogP contribution in [0.15, 0.2) is 66.1 Å². The minimum Gasteiger partial charge on any atom is -0.490 e. The highest BCUT2D eigenvalue weighted by atomic mass is 32.2. The Kier molecular flexibility index (Phi) is 12.2. The molecule has 0 fully saturated rings. The Balaban J connectivity index is 1.62. The molecule has 0 unspecified atom stereocenters. The number of rotatable bonds is 8. The third-order valence-electron chi connectivity index (χ3n) is 8.09. The van der Waals surface area contributed by atoms with Crippen molar-refractivity contribution < 1.29 is 32.6 Å². The lowest BCUT2D eigenvalue weighted by molar-refractivity contribution is -0.0115. The predicted octanol–water partition coefficient (Wildman–Crippen LogP) is 4.18. The molecule has 3 amide bonds. The summed E-state index contributed by atoms with van der Waals surface area (Å²) in [7, 11) is -0.664. The molecule has 4 atom stereocenters. The van der Waals surface area contributed by atoms with E-state index in [-0.39, 0.29) is 54.0 Å². The third-order valence-corrected chi connectivity index (χ3v) is 9.35. The molecule has 3 N–H and O–H groups in total. The fourth-order valence-electron chi connectivity index (χ4n) is 5.28. The number of benzene rings is 2. The van der Waals surface area contributed by atoms with Gasteiger partial charge in [0.25, 0.3) is 15.9 Å². The Labute approximate surface area is 276 Å². The number of carbonyl (C=O) groups excluding carboxylic acids is 2. The zero-order chi connectivity index (χ0) is 34.1. The van der Waals surface area contributed by atoms with Crippen molar-refractivity contribution in [1.29, 1.82) is 0 Å². The molecule has 0 bridgehead atoms. The normalized spacial score (nSPS) is 20.3. The number of sulfonamides is 1. The molecule has 0 saturated carbocycles. The van der Waals surface area contributed by atoms with Gasteiger partial charge in [0, 0.05) is 57.3 Å². The molecular formula is C33H46N6O7S. The molecule has 47 heavy (non-hydrogen) atoms. The van der Waals surface area contributed by atoms with Gasteiger partial charge in [0.15, 0.2) is 5.03 Å². The number of aromatic nitrogens is 2. The molecule has 0 radical (unpaired) electrons. The van der Waals surface area contributed by atoms with Gasteiger partial charge in [-0.25, -0.2) is 9.78 Å². The number of anilines is 2. The van der Waals surface area contributed by atoms with Crippen LogP contribution in [0.1, 0.15) is 50.4 Å². The molecule has 2 aromatic carbocycles. The molecule has 1 aliphatic heterocycles. The van der Waals surface area contributed by atoms with Crippen LogP contribution in [0.4, 0.5) is 16.2 Å². The molecule has 1 aromatic heterocycles. The predicted molar refractivity (Wildman–Crippen MR) is 179 cm³/mol. The second-order valence-electron chi connectivity index (χ2n) is 12.2. The Bertz CT molecular complexity index is 1600. The topological polar surface area (TPSA) is 155 Å². The van der Waals surface area contributed by atoms with Gasteiger partial charge in [-0.3, -0.25) is 9.52 Å². The largest absolute Gasteiger partial charge is 0.490 e. The van der Waals surface area contributed by atoms with E-state index >= 15 is 0 Å². The van der Waals surface area contributed by atoms with E-state index in [1.165, 1.54) is 23.2 Å². The van der Waals surface area contributed by atoms with Crippen molar-refractivity contribution in [2.75, 3.05) is 43.4 Å². The third kappa shape index (κ3) is 9.69. The number of likely N-dealkylation sites (N-methyl/N-ethyl adjacent to an activating group) is 1. The second-order valence-corrected chi connectivity index (χ2v) is 13.8. The van der Waals surface area contributed by atoms with Gasteiger partial charge in [0.2, 0.25) is 0 Å². The van der Waals surface area contributed by atoms with Gasteiger partial charge in [-0.15, -0.1) is 0 Å². The summed E-state index contributed by atoms with van der Waals surface area (Å²) in [6.45, 7) is 6.22. The molecule has 1 aliphatic rings. The Hall–Kier alpha value is -4.14. The number of carbonyl (C=O) groups is 2. The number of urea groups is 1. The highest BCUT2D eigenvalue weighted by Gasteiger charge is 2.31. The van der Waals surface area contributed by atoms with Gasteiger partial charge in [0.05, 0.1) is 36.7 Å². The van der Waals surface area contributed by atoms with Crippen molar-refractivity contribution in [1.82, 2.24) is 19.4 Å². The number of fused-ring (bicyclic) bond motifs is 1. The van der Waals surface area contributed by atoms with Gasteiger partial charge in [-0.2, -0.15) is 8.42 Å². The summed E-state index contributed by atoms with van der Waals surface area (Å²) in [5.74, 6) is -0.379. The number of para-hydroxylation sites is 1. The molecule has 13 nitrogen and oxygen atoms in total. The summed E-state index contributed by atoms with van der Waals surface area (Å²) >= 11 is 0. The fourth-order valence-corrected chi connectivity index (χ4v) is 6.31. The zero-order valence-corrected chi connectivity index (χ0v) is 28.4. The fraction of sp³-hybridized carbons (Fsp3) is 0.485. The number of ether oxygens (including phenoxy) is 2. The average molecular weight is 671 g/mol. The molecule has 256 valence electrons. The SMILES string of the molecule is C[C@@H]1CN([C@H](C)CO)C(=O)c2cc(NS(=O)(=O)c3cn(C)cn3)ccc2O[C@@H](C)CCCCO[C@H]1CN(C)C(=O)Nc1ccccc1. The van der Waals surface area contributed by atoms with Crippen LogP contribution in [-0.4, -0.2) is 96.4 Å². The smallest absolute Gasteiger partial charge is 0.321 e. The second kappa shape index (κ2) is 16.1. The summed E-state index contributed by atoms with van der Waals surface area (Å²) in [5, 5.41) is 12.9. The zero-order valence-electron chi connectivity index (χ0n) is 27.6. The number of aryl methyl sites for hydroxylation is 1. The van der Waals surface area contributed by atoms with E-state index in [2.05, 4.69) is 15.0 Å². The first kappa shape index (κ1) is 35.7. The number of aliphatic hydroxyl groups excluding tert-OH is 1. The standard InChI is InChI=1S/C33H46N6O7S/c1-23-18-39(24(2)21-40)32(41)28-17-27(36-47(43,44)31-20-37(4)22-34-31)14-15-29(28)46-25(3)11-9-10-16-45-30(23)19-38(5)33(42)35-26-12-7-6-8-13-26/h6-8,12-15,17,20,22-25,30,36,40H,9-11,16,18-19,21H2,1-5H3,(H,35,42)/t23-,24-,25+,30+/m1/s1. The van der Waals surface area contributed by atoms with E-state index < -0.39 is 28.1 Å². The number of hydrogen-bond donors (Lipinski definition) is 3. The Morgan fingerprint density at radius 3 is 2.57 bits per heavy atom. The summed E-state index contributed by atoms with van der Waals surface area (Å²) in [6, 6.07) is 12.9. The van der Waals surface area contributed by atoms with Crippen LogP contribution in [-0.2, 0) is 21.8 Å². The molecule has 0 spiro atoms. The van der Waals surface area contributed by atoms with Crippen molar-refractivity contribution in [3.05, 3.63) is 66.6 Å². The van der Waals surface area contributed by atoms with Crippen molar-refractivity contribution in [3.8, 4) is 5.75 Å². The maximum absolute atomic E-state index is 14.3. The summed E-state index contributed by atoms with van der Waals surface area (Å²) in [6.07, 6.45) is 4.38. The first-order chi connectivity index (χ1) is 22.4. The van der Waals surface area contributed by atoms with Crippen LogP contribution in [0, 0.1) is 5.92 Å². The minimum absolute atomic E-state index is 0.152. The van der Waals surface area contributed by atoms with Crippen LogP contribution in [0.5, 0.6) is 5.75 Å². The number of amides is 3. The van der Waals surface area contributed by atoms with Crippen LogP contribution < -0.4 is 14.8 Å². The van der Waals surface area contributed by atoms with Gasteiger partial charge in [0.1, 0.15) is 5.75 Å². The molecule has 0 aliphatic carbocycles. The van der Waals surface area contributed by atoms with Crippen LogP contribution in [0.3, 0.4) is 0 Å². The maximum atomic E-state index is 14.3. The van der Waals surface area contributed by atoms with Crippen molar-refractivity contribution >= 4 is 33.3 Å². The van der Waals surface area contributed by atoms with Crippen molar-refractivity contribution in [3.63, 3.8) is 0 Å². The molecule has 4 rings (SSSR count). The number of hydrogen-bond acceptors (Lipinski definition) is 8. The monoisotopic (exact) mass is 670 g/mol. The summed E-state index contributed by atoms with van der Waals surface area (Å²) in [4.78, 5) is 34.4. The van der Waals surface area contributed by atoms with Crippen molar-refractivity contribution in [2.24, 2.45) is 13.0 Å². The number of nitrogens with one attached hydrogen (secondary N) is 2. The molecule has 3 aromatic rings. The summed E-state index contributed by atoms with van der Waals surface area (Å²) < 4.78 is 42.7. The quantitative estimate of drug-likeness (QED) is 0.323. The van der Waals surface area contributed by atoms with Crippen LogP contribution in [0.25, 0.3) is 0 Å². The average Bonchev–Trinajstić information content (AvgIpc) is 3.50. The minimum atomic E-state index is -4.03.